The lowest BCUT2D eigenvalue weighted by atomic mass is 10.1. The molecule has 0 N–H and O–H groups in total. The lowest BCUT2D eigenvalue weighted by Gasteiger charge is -1.97. The third-order valence-electron chi connectivity index (χ3n) is 2.88. The van der Waals surface area contributed by atoms with Gasteiger partial charge in [0, 0.05) is 6.07 Å². The quantitative estimate of drug-likeness (QED) is 0.363. The van der Waals surface area contributed by atoms with Gasteiger partial charge in [0.05, 0.1) is 22.1 Å². The summed E-state index contributed by atoms with van der Waals surface area (Å²) >= 11 is 0. The number of para-hydroxylation sites is 1. The van der Waals surface area contributed by atoms with Crippen LogP contribution < -0.4 is 0 Å². The van der Waals surface area contributed by atoms with E-state index in [0.29, 0.717) is 11.1 Å². The van der Waals surface area contributed by atoms with Gasteiger partial charge in [0.15, 0.2) is 0 Å². The van der Waals surface area contributed by atoms with Crippen molar-refractivity contribution < 1.29 is 4.92 Å². The van der Waals surface area contributed by atoms with Crippen LogP contribution in [-0.2, 0) is 0 Å². The van der Waals surface area contributed by atoms with Crippen LogP contribution in [0.4, 0.5) is 5.69 Å². The van der Waals surface area contributed by atoms with Crippen LogP contribution in [0.3, 0.4) is 0 Å². The average molecular weight is 276 g/mol. The Hall–Kier alpha value is -3.19. The van der Waals surface area contributed by atoms with Crippen LogP contribution in [0.2, 0.25) is 0 Å². The number of nitrogens with zero attached hydrogens (tertiary/aromatic N) is 2. The van der Waals surface area contributed by atoms with Crippen molar-refractivity contribution in [3.63, 3.8) is 0 Å². The molecule has 21 heavy (non-hydrogen) atoms. The minimum Gasteiger partial charge on any atom is -0.258 e. The van der Waals surface area contributed by atoms with Gasteiger partial charge in [-0.3, -0.25) is 10.1 Å². The molecule has 0 heterocycles. The monoisotopic (exact) mass is 276 g/mol. The Morgan fingerprint density at radius 2 is 1.76 bits per heavy atom. The molecule has 0 saturated heterocycles. The highest BCUT2D eigenvalue weighted by molar-refractivity contribution is 5.78. The van der Waals surface area contributed by atoms with Gasteiger partial charge in [0.1, 0.15) is 0 Å². The summed E-state index contributed by atoms with van der Waals surface area (Å²) in [4.78, 5) is 10.5. The predicted molar refractivity (Wildman–Crippen MR) is 82.2 cm³/mol. The van der Waals surface area contributed by atoms with E-state index >= 15 is 0 Å². The molecule has 0 aliphatic heterocycles. The summed E-state index contributed by atoms with van der Waals surface area (Å²) in [6, 6.07) is 17.9. The van der Waals surface area contributed by atoms with Crippen molar-refractivity contribution in [2.24, 2.45) is 0 Å². The van der Waals surface area contributed by atoms with Gasteiger partial charge in [0.25, 0.3) is 5.69 Å². The topological polar surface area (TPSA) is 66.9 Å². The molecule has 0 atom stereocenters. The normalized spacial score (nSPS) is 11.3. The van der Waals surface area contributed by atoms with Gasteiger partial charge in [-0.15, -0.1) is 0 Å². The van der Waals surface area contributed by atoms with Crippen LogP contribution in [0.25, 0.3) is 11.6 Å². The standard InChI is InChI=1S/C17H12N2O2/c18-13-16(14-7-2-1-3-8-14)11-6-10-15-9-4-5-12-17(15)19(20)21/h1-12H/b10-6+,16-11-. The van der Waals surface area contributed by atoms with Crippen molar-refractivity contribution in [1.29, 1.82) is 5.26 Å². The molecule has 2 rings (SSSR count). The maximum absolute atomic E-state index is 10.9. The van der Waals surface area contributed by atoms with E-state index < -0.39 is 4.92 Å². The van der Waals surface area contributed by atoms with Crippen molar-refractivity contribution >= 4 is 17.3 Å². The van der Waals surface area contributed by atoms with Crippen molar-refractivity contribution in [3.8, 4) is 6.07 Å². The third-order valence-corrected chi connectivity index (χ3v) is 2.88. The second-order valence-electron chi connectivity index (χ2n) is 4.23. The zero-order valence-electron chi connectivity index (χ0n) is 11.1. The highest BCUT2D eigenvalue weighted by Gasteiger charge is 2.08. The van der Waals surface area contributed by atoms with Crippen LogP contribution in [0.15, 0.2) is 66.7 Å². The fraction of sp³-hybridized carbons (Fsp3) is 0. The molecule has 0 amide bonds. The Bertz CT molecular complexity index is 741. The number of rotatable bonds is 4. The van der Waals surface area contributed by atoms with E-state index in [2.05, 4.69) is 6.07 Å². The number of benzene rings is 2. The number of nitro benzene ring substituents is 1. The first kappa shape index (κ1) is 14.2. The van der Waals surface area contributed by atoms with E-state index in [-0.39, 0.29) is 5.69 Å². The van der Waals surface area contributed by atoms with Crippen molar-refractivity contribution in [3.05, 3.63) is 88.0 Å². The van der Waals surface area contributed by atoms with Crippen LogP contribution in [0, 0.1) is 21.4 Å². The molecule has 0 aliphatic carbocycles. The molecule has 0 fully saturated rings. The maximum Gasteiger partial charge on any atom is 0.276 e. The number of hydrogen-bond donors (Lipinski definition) is 0. The summed E-state index contributed by atoms with van der Waals surface area (Å²) in [5, 5.41) is 20.1. The second-order valence-corrected chi connectivity index (χ2v) is 4.23. The van der Waals surface area contributed by atoms with Crippen LogP contribution in [0.5, 0.6) is 0 Å². The van der Waals surface area contributed by atoms with Crippen molar-refractivity contribution in [2.45, 2.75) is 0 Å². The molecule has 0 radical (unpaired) electrons. The highest BCUT2D eigenvalue weighted by Crippen LogP contribution is 2.19. The molecular weight excluding hydrogens is 264 g/mol. The zero-order valence-corrected chi connectivity index (χ0v) is 11.1. The van der Waals surface area contributed by atoms with Crippen LogP contribution in [-0.4, -0.2) is 4.92 Å². The summed E-state index contributed by atoms with van der Waals surface area (Å²) in [7, 11) is 0. The van der Waals surface area contributed by atoms with Crippen molar-refractivity contribution in [2.75, 3.05) is 0 Å². The van der Waals surface area contributed by atoms with Gasteiger partial charge in [-0.05, 0) is 23.8 Å². The minimum atomic E-state index is -0.425. The molecule has 4 heteroatoms. The van der Waals surface area contributed by atoms with E-state index in [1.165, 1.54) is 6.07 Å². The van der Waals surface area contributed by atoms with Gasteiger partial charge in [-0.2, -0.15) is 5.26 Å². The van der Waals surface area contributed by atoms with E-state index in [9.17, 15) is 10.1 Å². The molecule has 0 bridgehead atoms. The molecule has 0 spiro atoms. The molecular formula is C17H12N2O2. The van der Waals surface area contributed by atoms with Gasteiger partial charge in [-0.25, -0.2) is 0 Å². The van der Waals surface area contributed by atoms with Gasteiger partial charge in [0.2, 0.25) is 0 Å². The predicted octanol–water partition coefficient (Wildman–Crippen LogP) is 4.22. The summed E-state index contributed by atoms with van der Waals surface area (Å²) in [6.45, 7) is 0. The number of nitro groups is 1. The first-order chi connectivity index (χ1) is 10.2. The molecule has 4 nitrogen and oxygen atoms in total. The lowest BCUT2D eigenvalue weighted by molar-refractivity contribution is -0.385. The summed E-state index contributed by atoms with van der Waals surface area (Å²) in [6.07, 6.45) is 4.92. The SMILES string of the molecule is N#C/C(=C/C=C/c1ccccc1[N+](=O)[O-])c1ccccc1. The smallest absolute Gasteiger partial charge is 0.258 e. The Morgan fingerprint density at radius 3 is 2.43 bits per heavy atom. The third kappa shape index (κ3) is 3.64. The molecule has 2 aromatic rings. The summed E-state index contributed by atoms with van der Waals surface area (Å²) in [5.41, 5.74) is 1.86. The van der Waals surface area contributed by atoms with Crippen molar-refractivity contribution in [1.82, 2.24) is 0 Å². The average Bonchev–Trinajstić information content (AvgIpc) is 2.52. The minimum absolute atomic E-state index is 0.0420. The molecule has 0 aliphatic rings. The van der Waals surface area contributed by atoms with Gasteiger partial charge < -0.3 is 0 Å². The first-order valence-corrected chi connectivity index (χ1v) is 6.29. The fourth-order valence-corrected chi connectivity index (χ4v) is 1.86. The molecule has 0 unspecified atom stereocenters. The highest BCUT2D eigenvalue weighted by atomic mass is 16.6. The van der Waals surface area contributed by atoms with E-state index in [1.807, 2.05) is 30.3 Å². The number of allylic oxidation sites excluding steroid dienone is 3. The van der Waals surface area contributed by atoms with Gasteiger partial charge >= 0.3 is 0 Å². The Balaban J connectivity index is 2.28. The number of nitriles is 1. The maximum atomic E-state index is 10.9. The van der Waals surface area contributed by atoms with Gasteiger partial charge in [-0.1, -0.05) is 48.5 Å². The summed E-state index contributed by atoms with van der Waals surface area (Å²) < 4.78 is 0. The second kappa shape index (κ2) is 6.83. The zero-order chi connectivity index (χ0) is 15.1. The largest absolute Gasteiger partial charge is 0.276 e. The fourth-order valence-electron chi connectivity index (χ4n) is 1.86. The van der Waals surface area contributed by atoms with Crippen LogP contribution in [0.1, 0.15) is 11.1 Å². The Morgan fingerprint density at radius 1 is 1.10 bits per heavy atom. The van der Waals surface area contributed by atoms with Crippen LogP contribution >= 0.6 is 0 Å². The molecule has 0 saturated carbocycles. The van der Waals surface area contributed by atoms with E-state index in [1.54, 1.807) is 36.4 Å². The number of hydrogen-bond acceptors (Lipinski definition) is 3. The lowest BCUT2D eigenvalue weighted by Crippen LogP contribution is -1.90. The summed E-state index contributed by atoms with van der Waals surface area (Å²) in [5.74, 6) is 0. The van der Waals surface area contributed by atoms with E-state index in [0.717, 1.165) is 5.56 Å². The Kier molecular flexibility index (Phi) is 4.62. The van der Waals surface area contributed by atoms with E-state index in [4.69, 9.17) is 5.26 Å². The Labute approximate surface area is 122 Å². The molecule has 2 aromatic carbocycles. The first-order valence-electron chi connectivity index (χ1n) is 6.29. The molecule has 102 valence electrons. The molecule has 0 aromatic heterocycles.